The summed E-state index contributed by atoms with van der Waals surface area (Å²) in [5.41, 5.74) is 1.13. The highest BCUT2D eigenvalue weighted by Crippen LogP contribution is 2.23. The zero-order chi connectivity index (χ0) is 15.4. The maximum Gasteiger partial charge on any atom is 0.243 e. The molecule has 122 valence electrons. The van der Waals surface area contributed by atoms with Crippen LogP contribution in [0.2, 0.25) is 0 Å². The first-order valence-corrected chi connectivity index (χ1v) is 9.79. The maximum atomic E-state index is 12.7. The molecule has 5 nitrogen and oxygen atoms in total. The molecule has 0 aliphatic carbocycles. The molecule has 2 heterocycles. The molecule has 2 aliphatic heterocycles. The number of anilines is 1. The predicted octanol–water partition coefficient (Wildman–Crippen LogP) is 0.635. The summed E-state index contributed by atoms with van der Waals surface area (Å²) in [6.45, 7) is 5.58. The summed E-state index contributed by atoms with van der Waals surface area (Å²) in [6.07, 6.45) is 4.22. The molecule has 2 fully saturated rings. The Morgan fingerprint density at radius 2 is 1.41 bits per heavy atom. The number of hydrogen-bond acceptors (Lipinski definition) is 3. The lowest BCUT2D eigenvalue weighted by Crippen LogP contribution is -2.89. The third kappa shape index (κ3) is 3.45. The number of hydrogen-bond donors (Lipinski definition) is 1. The van der Waals surface area contributed by atoms with Crippen LogP contribution in [0.3, 0.4) is 0 Å². The van der Waals surface area contributed by atoms with Gasteiger partial charge in [-0.05, 0) is 37.1 Å². The molecular formula is C16H26N3O2S+. The second-order valence-corrected chi connectivity index (χ2v) is 8.10. The average molecular weight is 324 g/mol. The van der Waals surface area contributed by atoms with Crippen LogP contribution in [0.15, 0.2) is 29.2 Å². The Balaban J connectivity index is 1.75. The highest BCUT2D eigenvalue weighted by atomic mass is 32.2. The molecule has 2 N–H and O–H groups in total. The van der Waals surface area contributed by atoms with E-state index in [1.807, 2.05) is 12.1 Å². The van der Waals surface area contributed by atoms with Crippen molar-refractivity contribution in [3.05, 3.63) is 24.3 Å². The van der Waals surface area contributed by atoms with Crippen molar-refractivity contribution < 1.29 is 13.7 Å². The van der Waals surface area contributed by atoms with Crippen LogP contribution in [0.25, 0.3) is 0 Å². The lowest BCUT2D eigenvalue weighted by Gasteiger charge is -2.27. The highest BCUT2D eigenvalue weighted by Gasteiger charge is 2.25. The predicted molar refractivity (Wildman–Crippen MR) is 87.5 cm³/mol. The molecule has 3 rings (SSSR count). The molecule has 0 unspecified atom stereocenters. The molecule has 0 aromatic heterocycles. The molecule has 0 atom stereocenters. The van der Waals surface area contributed by atoms with E-state index in [0.717, 1.165) is 57.5 Å². The molecule has 1 aromatic carbocycles. The van der Waals surface area contributed by atoms with Crippen molar-refractivity contribution in [1.82, 2.24) is 4.31 Å². The molecule has 0 radical (unpaired) electrons. The fourth-order valence-electron chi connectivity index (χ4n) is 3.27. The minimum atomic E-state index is -3.32. The van der Waals surface area contributed by atoms with Crippen LogP contribution >= 0.6 is 0 Å². The summed E-state index contributed by atoms with van der Waals surface area (Å²) in [4.78, 5) is 2.75. The van der Waals surface area contributed by atoms with Crippen molar-refractivity contribution >= 4 is 15.7 Å². The summed E-state index contributed by atoms with van der Waals surface area (Å²) in [5.74, 6) is 0. The Morgan fingerprint density at radius 3 is 2.00 bits per heavy atom. The first-order chi connectivity index (χ1) is 10.7. The number of piperazine rings is 1. The third-order valence-electron chi connectivity index (χ3n) is 4.61. The molecular weight excluding hydrogens is 298 g/mol. The van der Waals surface area contributed by atoms with E-state index < -0.39 is 10.0 Å². The SMILES string of the molecule is O=S(=O)(c1ccc(N2CC[NH2+]CC2)cc1)N1CCCCCC1. The molecule has 6 heteroatoms. The normalized spacial score (nSPS) is 21.5. The minimum absolute atomic E-state index is 0.432. The van der Waals surface area contributed by atoms with Gasteiger partial charge < -0.3 is 10.2 Å². The second kappa shape index (κ2) is 6.98. The first-order valence-electron chi connectivity index (χ1n) is 8.35. The van der Waals surface area contributed by atoms with Crippen molar-refractivity contribution in [2.24, 2.45) is 0 Å². The number of quaternary nitrogens is 1. The van der Waals surface area contributed by atoms with Gasteiger partial charge in [0.05, 0.1) is 31.1 Å². The van der Waals surface area contributed by atoms with Crippen molar-refractivity contribution in [2.45, 2.75) is 30.6 Å². The zero-order valence-corrected chi connectivity index (χ0v) is 13.9. The topological polar surface area (TPSA) is 57.2 Å². The largest absolute Gasteiger partial charge is 0.360 e. The van der Waals surface area contributed by atoms with Crippen LogP contribution in [-0.2, 0) is 10.0 Å². The van der Waals surface area contributed by atoms with Crippen molar-refractivity contribution in [3.8, 4) is 0 Å². The number of rotatable bonds is 3. The maximum absolute atomic E-state index is 12.7. The average Bonchev–Trinajstić information content (AvgIpc) is 2.86. The first kappa shape index (κ1) is 15.8. The molecule has 0 bridgehead atoms. The summed E-state index contributed by atoms with van der Waals surface area (Å²) in [6, 6.07) is 7.45. The van der Waals surface area contributed by atoms with Crippen LogP contribution in [-0.4, -0.2) is 52.0 Å². The zero-order valence-electron chi connectivity index (χ0n) is 13.1. The fourth-order valence-corrected chi connectivity index (χ4v) is 4.79. The molecule has 2 aliphatic rings. The van der Waals surface area contributed by atoms with E-state index in [-0.39, 0.29) is 0 Å². The Bertz CT molecular complexity index is 572. The number of nitrogens with two attached hydrogens (primary N) is 1. The van der Waals surface area contributed by atoms with Crippen molar-refractivity contribution in [2.75, 3.05) is 44.2 Å². The third-order valence-corrected chi connectivity index (χ3v) is 6.52. The lowest BCUT2D eigenvalue weighted by molar-refractivity contribution is -0.655. The van der Waals surface area contributed by atoms with E-state index in [0.29, 0.717) is 18.0 Å². The fraction of sp³-hybridized carbons (Fsp3) is 0.625. The van der Waals surface area contributed by atoms with Crippen LogP contribution < -0.4 is 10.2 Å². The quantitative estimate of drug-likeness (QED) is 0.887. The smallest absolute Gasteiger partial charge is 0.243 e. The van der Waals surface area contributed by atoms with Crippen LogP contribution in [0.1, 0.15) is 25.7 Å². The van der Waals surface area contributed by atoms with E-state index in [4.69, 9.17) is 0 Å². The minimum Gasteiger partial charge on any atom is -0.360 e. The van der Waals surface area contributed by atoms with Gasteiger partial charge >= 0.3 is 0 Å². The Morgan fingerprint density at radius 1 is 0.818 bits per heavy atom. The van der Waals surface area contributed by atoms with Gasteiger partial charge in [-0.1, -0.05) is 12.8 Å². The highest BCUT2D eigenvalue weighted by molar-refractivity contribution is 7.89. The van der Waals surface area contributed by atoms with Crippen LogP contribution in [0, 0.1) is 0 Å². The Labute approximate surface area is 133 Å². The standard InChI is InChI=1S/C16H25N3O2S/c20-22(21,19-11-3-1-2-4-12-19)16-7-5-15(6-8-16)18-13-9-17-10-14-18/h5-8,17H,1-4,9-14H2/p+1. The second-order valence-electron chi connectivity index (χ2n) is 6.17. The lowest BCUT2D eigenvalue weighted by atomic mass is 10.2. The number of benzene rings is 1. The van der Waals surface area contributed by atoms with Gasteiger partial charge in [0.2, 0.25) is 10.0 Å². The number of sulfonamides is 1. The summed E-state index contributed by atoms with van der Waals surface area (Å²) >= 11 is 0. The molecule has 22 heavy (non-hydrogen) atoms. The van der Waals surface area contributed by atoms with Crippen molar-refractivity contribution in [1.29, 1.82) is 0 Å². The van der Waals surface area contributed by atoms with E-state index in [1.165, 1.54) is 0 Å². The van der Waals surface area contributed by atoms with Gasteiger partial charge in [-0.15, -0.1) is 0 Å². The summed E-state index contributed by atoms with van der Waals surface area (Å²) in [5, 5.41) is 2.31. The number of nitrogens with zero attached hydrogens (tertiary/aromatic N) is 2. The van der Waals surface area contributed by atoms with Gasteiger partial charge in [0.15, 0.2) is 0 Å². The van der Waals surface area contributed by atoms with E-state index in [1.54, 1.807) is 16.4 Å². The van der Waals surface area contributed by atoms with Gasteiger partial charge in [0.25, 0.3) is 0 Å². The molecule has 0 amide bonds. The summed E-state index contributed by atoms with van der Waals surface area (Å²) < 4.78 is 27.1. The molecule has 1 aromatic rings. The van der Waals surface area contributed by atoms with Gasteiger partial charge in [0.1, 0.15) is 0 Å². The van der Waals surface area contributed by atoms with Gasteiger partial charge in [-0.25, -0.2) is 8.42 Å². The molecule has 2 saturated heterocycles. The van der Waals surface area contributed by atoms with Gasteiger partial charge in [-0.3, -0.25) is 0 Å². The van der Waals surface area contributed by atoms with Crippen molar-refractivity contribution in [3.63, 3.8) is 0 Å². The Hall–Kier alpha value is -1.11. The monoisotopic (exact) mass is 324 g/mol. The summed E-state index contributed by atoms with van der Waals surface area (Å²) in [7, 11) is -3.32. The Kier molecular flexibility index (Phi) is 5.00. The molecule has 0 saturated carbocycles. The van der Waals surface area contributed by atoms with E-state index in [9.17, 15) is 8.42 Å². The van der Waals surface area contributed by atoms with Crippen LogP contribution in [0.4, 0.5) is 5.69 Å². The van der Waals surface area contributed by atoms with E-state index in [2.05, 4.69) is 10.2 Å². The van der Waals surface area contributed by atoms with Gasteiger partial charge in [-0.2, -0.15) is 4.31 Å². The van der Waals surface area contributed by atoms with Crippen LogP contribution in [0.5, 0.6) is 0 Å². The van der Waals surface area contributed by atoms with Gasteiger partial charge in [0, 0.05) is 18.8 Å². The van der Waals surface area contributed by atoms with E-state index >= 15 is 0 Å². The molecule has 0 spiro atoms.